The highest BCUT2D eigenvalue weighted by molar-refractivity contribution is 8.01. The number of hydrogen-bond donors (Lipinski definition) is 1. The standard InChI is InChI=1S/C30H24N4O5S2/c35-18-31-23-27(36)34-24(29(37)38-25(19-10-4-1-5-11-19)20-12-6-2-7-13-20)22(16-40-28(23)34)17-41-30-33-32-26(39-30)21-14-8-3-9-15-21/h1-15,18,23,25,28H,16-17H2,(H,31,35)/t23-,28+/m1/s1. The van der Waals surface area contributed by atoms with Crippen LogP contribution >= 0.6 is 23.5 Å². The number of esters is 1. The van der Waals surface area contributed by atoms with Crippen LogP contribution in [0.5, 0.6) is 0 Å². The summed E-state index contributed by atoms with van der Waals surface area (Å²) in [5.74, 6) is 0.219. The molecular weight excluding hydrogens is 560 g/mol. The lowest BCUT2D eigenvalue weighted by molar-refractivity contribution is -0.154. The molecule has 1 saturated heterocycles. The predicted octanol–water partition coefficient (Wildman–Crippen LogP) is 4.45. The number of nitrogens with one attached hydrogen (secondary N) is 1. The molecular formula is C30H24N4O5S2. The molecule has 0 saturated carbocycles. The average molecular weight is 585 g/mol. The van der Waals surface area contributed by atoms with Gasteiger partial charge in [0.2, 0.25) is 12.3 Å². The van der Waals surface area contributed by atoms with E-state index in [1.54, 1.807) is 0 Å². The number of amides is 2. The Morgan fingerprint density at radius 2 is 1.66 bits per heavy atom. The molecule has 0 radical (unpaired) electrons. The van der Waals surface area contributed by atoms with Gasteiger partial charge in [-0.3, -0.25) is 14.5 Å². The van der Waals surface area contributed by atoms with E-state index in [1.165, 1.54) is 28.4 Å². The molecule has 9 nitrogen and oxygen atoms in total. The Labute approximate surface area is 244 Å². The third kappa shape index (κ3) is 5.50. The minimum Gasteiger partial charge on any atom is -0.448 e. The monoisotopic (exact) mass is 584 g/mol. The maximum atomic E-state index is 13.9. The van der Waals surface area contributed by atoms with Crippen molar-refractivity contribution in [3.63, 3.8) is 0 Å². The number of benzene rings is 3. The minimum atomic E-state index is -0.696. The number of aromatic nitrogens is 2. The summed E-state index contributed by atoms with van der Waals surface area (Å²) < 4.78 is 12.0. The number of β-lactam (4-membered cyclic amide) rings is 1. The molecule has 11 heteroatoms. The molecule has 0 bridgehead atoms. The van der Waals surface area contributed by atoms with Crippen molar-refractivity contribution in [2.45, 2.75) is 22.7 Å². The number of hydrogen-bond acceptors (Lipinski definition) is 9. The van der Waals surface area contributed by atoms with E-state index in [4.69, 9.17) is 9.15 Å². The van der Waals surface area contributed by atoms with Gasteiger partial charge in [0, 0.05) is 17.1 Å². The molecule has 2 amide bonds. The van der Waals surface area contributed by atoms with Gasteiger partial charge in [-0.1, -0.05) is 90.6 Å². The van der Waals surface area contributed by atoms with Gasteiger partial charge in [0.25, 0.3) is 11.1 Å². The van der Waals surface area contributed by atoms with Crippen molar-refractivity contribution in [2.75, 3.05) is 11.5 Å². The molecule has 1 fully saturated rings. The smallest absolute Gasteiger partial charge is 0.356 e. The molecule has 0 aliphatic carbocycles. The Morgan fingerprint density at radius 3 is 2.29 bits per heavy atom. The Kier molecular flexibility index (Phi) is 7.88. The third-order valence-corrected chi connectivity index (χ3v) is 8.96. The third-order valence-electron chi connectivity index (χ3n) is 6.71. The van der Waals surface area contributed by atoms with Crippen molar-refractivity contribution in [2.24, 2.45) is 0 Å². The van der Waals surface area contributed by atoms with E-state index in [0.717, 1.165) is 16.7 Å². The second kappa shape index (κ2) is 12.0. The Balaban J connectivity index is 1.29. The first kappa shape index (κ1) is 26.9. The zero-order valence-corrected chi connectivity index (χ0v) is 23.2. The van der Waals surface area contributed by atoms with Gasteiger partial charge >= 0.3 is 5.97 Å². The average Bonchev–Trinajstić information content (AvgIpc) is 3.51. The SMILES string of the molecule is O=CN[C@@H]1C(=O)N2C(C(=O)OC(c3ccccc3)c3ccccc3)=C(CSc3nnc(-c4ccccc4)o3)CS[C@@H]12. The van der Waals surface area contributed by atoms with Crippen LogP contribution in [0, 0.1) is 0 Å². The molecule has 41 heavy (non-hydrogen) atoms. The van der Waals surface area contributed by atoms with Crippen molar-refractivity contribution in [1.29, 1.82) is 0 Å². The first-order chi connectivity index (χ1) is 20.1. The van der Waals surface area contributed by atoms with Crippen molar-refractivity contribution in [1.82, 2.24) is 20.4 Å². The largest absolute Gasteiger partial charge is 0.448 e. The second-order valence-electron chi connectivity index (χ2n) is 9.26. The lowest BCUT2D eigenvalue weighted by Gasteiger charge is -2.49. The van der Waals surface area contributed by atoms with Gasteiger partial charge in [0.15, 0.2) is 6.10 Å². The molecule has 2 atom stereocenters. The first-order valence-electron chi connectivity index (χ1n) is 12.8. The molecule has 1 aromatic heterocycles. The number of thioether (sulfide) groups is 2. The molecule has 2 aliphatic rings. The predicted molar refractivity (Wildman–Crippen MR) is 154 cm³/mol. The van der Waals surface area contributed by atoms with Crippen LogP contribution in [0.15, 0.2) is 112 Å². The topological polar surface area (TPSA) is 115 Å². The molecule has 2 aliphatic heterocycles. The summed E-state index contributed by atoms with van der Waals surface area (Å²) in [6.45, 7) is 0. The van der Waals surface area contributed by atoms with Gasteiger partial charge < -0.3 is 14.5 Å². The van der Waals surface area contributed by atoms with Gasteiger partial charge in [-0.2, -0.15) is 0 Å². The van der Waals surface area contributed by atoms with Gasteiger partial charge in [-0.05, 0) is 28.8 Å². The number of nitrogens with zero attached hydrogens (tertiary/aromatic N) is 3. The zero-order chi connectivity index (χ0) is 28.2. The lowest BCUT2D eigenvalue weighted by atomic mass is 10.0. The molecule has 3 aromatic carbocycles. The van der Waals surface area contributed by atoms with Crippen LogP contribution in [0.2, 0.25) is 0 Å². The van der Waals surface area contributed by atoms with E-state index in [0.29, 0.717) is 34.6 Å². The highest BCUT2D eigenvalue weighted by atomic mass is 32.2. The summed E-state index contributed by atoms with van der Waals surface area (Å²) >= 11 is 2.77. The Hall–Kier alpha value is -4.35. The van der Waals surface area contributed by atoms with Crippen LogP contribution in [-0.2, 0) is 19.1 Å². The summed E-state index contributed by atoms with van der Waals surface area (Å²) in [6.07, 6.45) is -0.169. The molecule has 0 unspecified atom stereocenters. The quantitative estimate of drug-likeness (QED) is 0.125. The van der Waals surface area contributed by atoms with Crippen molar-refractivity contribution in [3.8, 4) is 11.5 Å². The van der Waals surface area contributed by atoms with E-state index in [-0.39, 0.29) is 11.6 Å². The fourth-order valence-electron chi connectivity index (χ4n) is 4.74. The molecule has 206 valence electrons. The summed E-state index contributed by atoms with van der Waals surface area (Å²) in [5, 5.41) is 10.8. The molecule has 3 heterocycles. The van der Waals surface area contributed by atoms with Crippen LogP contribution in [0.4, 0.5) is 0 Å². The van der Waals surface area contributed by atoms with Gasteiger partial charge in [0.1, 0.15) is 17.1 Å². The molecule has 6 rings (SSSR count). The summed E-state index contributed by atoms with van der Waals surface area (Å²) in [6, 6.07) is 27.7. The van der Waals surface area contributed by atoms with Crippen molar-refractivity contribution in [3.05, 3.63) is 113 Å². The number of carbonyl (C=O) groups excluding carboxylic acids is 3. The lowest BCUT2D eigenvalue weighted by Crippen LogP contribution is -2.69. The molecule has 0 spiro atoms. The van der Waals surface area contributed by atoms with Crippen LogP contribution in [0.1, 0.15) is 17.2 Å². The second-order valence-corrected chi connectivity index (χ2v) is 11.3. The summed E-state index contributed by atoms with van der Waals surface area (Å²) in [4.78, 5) is 39.6. The summed E-state index contributed by atoms with van der Waals surface area (Å²) in [5.41, 5.74) is 3.31. The van der Waals surface area contributed by atoms with Crippen LogP contribution < -0.4 is 5.32 Å². The number of ether oxygens (including phenoxy) is 1. The Morgan fingerprint density at radius 1 is 1.02 bits per heavy atom. The fraction of sp³-hybridized carbons (Fsp3) is 0.167. The Bertz CT molecular complexity index is 1540. The highest BCUT2D eigenvalue weighted by Gasteiger charge is 2.54. The number of fused-ring (bicyclic) bond motifs is 1. The van der Waals surface area contributed by atoms with E-state index < -0.39 is 23.5 Å². The van der Waals surface area contributed by atoms with E-state index in [9.17, 15) is 14.4 Å². The zero-order valence-electron chi connectivity index (χ0n) is 21.6. The van der Waals surface area contributed by atoms with Gasteiger partial charge in [0.05, 0.1) is 0 Å². The van der Waals surface area contributed by atoms with E-state index in [2.05, 4.69) is 15.5 Å². The molecule has 1 N–H and O–H groups in total. The van der Waals surface area contributed by atoms with Gasteiger partial charge in [-0.25, -0.2) is 4.79 Å². The maximum absolute atomic E-state index is 13.9. The van der Waals surface area contributed by atoms with Crippen molar-refractivity contribution >= 4 is 41.8 Å². The van der Waals surface area contributed by atoms with E-state index in [1.807, 2.05) is 91.0 Å². The summed E-state index contributed by atoms with van der Waals surface area (Å²) in [7, 11) is 0. The first-order valence-corrected chi connectivity index (χ1v) is 14.9. The number of carbonyl (C=O) groups is 3. The van der Waals surface area contributed by atoms with Crippen LogP contribution in [0.3, 0.4) is 0 Å². The maximum Gasteiger partial charge on any atom is 0.356 e. The van der Waals surface area contributed by atoms with Gasteiger partial charge in [-0.15, -0.1) is 22.0 Å². The van der Waals surface area contributed by atoms with E-state index >= 15 is 0 Å². The number of rotatable bonds is 10. The van der Waals surface area contributed by atoms with Crippen LogP contribution in [0.25, 0.3) is 11.5 Å². The fourth-order valence-corrected chi connectivity index (χ4v) is 7.00. The molecule has 4 aromatic rings. The normalized spacial score (nSPS) is 18.1. The minimum absolute atomic E-state index is 0.190. The van der Waals surface area contributed by atoms with Crippen molar-refractivity contribution < 1.29 is 23.5 Å². The highest BCUT2D eigenvalue weighted by Crippen LogP contribution is 2.42. The van der Waals surface area contributed by atoms with Crippen LogP contribution in [-0.4, -0.2) is 56.3 Å².